The van der Waals surface area contributed by atoms with Gasteiger partial charge in [-0.25, -0.2) is 0 Å². The molecule has 0 spiro atoms. The number of hydrogen-bond acceptors (Lipinski definition) is 3. The van der Waals surface area contributed by atoms with Gasteiger partial charge < -0.3 is 15.7 Å². The normalized spacial score (nSPS) is 11.7. The standard InChI is InChI=1S/C12H15ClN2O3/c1-3-14-11(17)7(2)15-12(18)9-6-8(16)4-5-10(9)13/h4-7,16H,3H2,1-2H3,(H,14,17)(H,15,18). The molecule has 0 bridgehead atoms. The summed E-state index contributed by atoms with van der Waals surface area (Å²) in [5, 5.41) is 14.6. The first kappa shape index (κ1) is 14.3. The fourth-order valence-electron chi connectivity index (χ4n) is 1.35. The van der Waals surface area contributed by atoms with Crippen molar-refractivity contribution in [3.05, 3.63) is 28.8 Å². The van der Waals surface area contributed by atoms with Crippen LogP contribution in [0.25, 0.3) is 0 Å². The van der Waals surface area contributed by atoms with E-state index in [2.05, 4.69) is 10.6 Å². The van der Waals surface area contributed by atoms with Crippen molar-refractivity contribution in [1.82, 2.24) is 10.6 Å². The molecule has 5 nitrogen and oxygen atoms in total. The Morgan fingerprint density at radius 2 is 2.11 bits per heavy atom. The number of carbonyl (C=O) groups excluding carboxylic acids is 2. The molecule has 0 radical (unpaired) electrons. The van der Waals surface area contributed by atoms with Crippen molar-refractivity contribution in [3.63, 3.8) is 0 Å². The third-order valence-corrected chi connectivity index (χ3v) is 2.62. The van der Waals surface area contributed by atoms with Crippen LogP contribution < -0.4 is 10.6 Å². The summed E-state index contributed by atoms with van der Waals surface area (Å²) >= 11 is 5.84. The Morgan fingerprint density at radius 1 is 1.44 bits per heavy atom. The molecule has 1 atom stereocenters. The van der Waals surface area contributed by atoms with Gasteiger partial charge in [-0.1, -0.05) is 11.6 Å². The maximum absolute atomic E-state index is 11.9. The Hall–Kier alpha value is -1.75. The molecular weight excluding hydrogens is 256 g/mol. The highest BCUT2D eigenvalue weighted by atomic mass is 35.5. The topological polar surface area (TPSA) is 78.4 Å². The van der Waals surface area contributed by atoms with Crippen molar-refractivity contribution < 1.29 is 14.7 Å². The number of aromatic hydroxyl groups is 1. The summed E-state index contributed by atoms with van der Waals surface area (Å²) in [5.74, 6) is -0.841. The summed E-state index contributed by atoms with van der Waals surface area (Å²) in [5.41, 5.74) is 0.132. The molecule has 98 valence electrons. The molecule has 0 fully saturated rings. The predicted octanol–water partition coefficient (Wildman–Crippen LogP) is 1.30. The molecule has 0 aliphatic carbocycles. The van der Waals surface area contributed by atoms with Crippen molar-refractivity contribution in [3.8, 4) is 5.75 Å². The van der Waals surface area contributed by atoms with E-state index in [0.29, 0.717) is 6.54 Å². The van der Waals surface area contributed by atoms with Crippen LogP contribution in [0.3, 0.4) is 0 Å². The van der Waals surface area contributed by atoms with E-state index in [9.17, 15) is 14.7 Å². The number of nitrogens with one attached hydrogen (secondary N) is 2. The van der Waals surface area contributed by atoms with Gasteiger partial charge in [0, 0.05) is 6.54 Å². The van der Waals surface area contributed by atoms with Gasteiger partial charge in [0.2, 0.25) is 5.91 Å². The number of amides is 2. The minimum Gasteiger partial charge on any atom is -0.508 e. The van der Waals surface area contributed by atoms with Gasteiger partial charge >= 0.3 is 0 Å². The van der Waals surface area contributed by atoms with Gasteiger partial charge in [-0.15, -0.1) is 0 Å². The molecule has 3 N–H and O–H groups in total. The summed E-state index contributed by atoms with van der Waals surface area (Å²) in [6.07, 6.45) is 0. The monoisotopic (exact) mass is 270 g/mol. The number of benzene rings is 1. The van der Waals surface area contributed by atoms with Crippen molar-refractivity contribution in [2.45, 2.75) is 19.9 Å². The molecule has 0 saturated carbocycles. The minimum atomic E-state index is -0.670. The lowest BCUT2D eigenvalue weighted by atomic mass is 10.2. The van der Waals surface area contributed by atoms with Crippen molar-refractivity contribution in [2.24, 2.45) is 0 Å². The highest BCUT2D eigenvalue weighted by Gasteiger charge is 2.17. The van der Waals surface area contributed by atoms with Gasteiger partial charge in [-0.3, -0.25) is 9.59 Å². The summed E-state index contributed by atoms with van der Waals surface area (Å²) in [7, 11) is 0. The van der Waals surface area contributed by atoms with E-state index in [1.807, 2.05) is 0 Å². The molecule has 1 aromatic rings. The highest BCUT2D eigenvalue weighted by molar-refractivity contribution is 6.33. The fraction of sp³-hybridized carbons (Fsp3) is 0.333. The SMILES string of the molecule is CCNC(=O)C(C)NC(=O)c1cc(O)ccc1Cl. The van der Waals surface area contributed by atoms with Crippen molar-refractivity contribution >= 4 is 23.4 Å². The zero-order valence-electron chi connectivity index (χ0n) is 10.2. The average Bonchev–Trinajstić information content (AvgIpc) is 2.32. The van der Waals surface area contributed by atoms with Crippen molar-refractivity contribution in [1.29, 1.82) is 0 Å². The number of carbonyl (C=O) groups is 2. The maximum Gasteiger partial charge on any atom is 0.253 e. The Balaban J connectivity index is 2.76. The summed E-state index contributed by atoms with van der Waals surface area (Å²) in [6, 6.07) is 3.38. The van der Waals surface area contributed by atoms with E-state index in [4.69, 9.17) is 11.6 Å². The number of phenols is 1. The Labute approximate surface area is 110 Å². The molecule has 0 aliphatic heterocycles. The minimum absolute atomic E-state index is 0.0600. The van der Waals surface area contributed by atoms with Crippen LogP contribution in [-0.4, -0.2) is 29.5 Å². The molecule has 18 heavy (non-hydrogen) atoms. The van der Waals surface area contributed by atoms with E-state index in [1.54, 1.807) is 13.8 Å². The molecule has 0 heterocycles. The second-order valence-electron chi connectivity index (χ2n) is 3.75. The third kappa shape index (κ3) is 3.63. The Morgan fingerprint density at radius 3 is 2.72 bits per heavy atom. The number of halogens is 1. The van der Waals surface area contributed by atoms with Crippen LogP contribution in [0.2, 0.25) is 5.02 Å². The van der Waals surface area contributed by atoms with Crippen LogP contribution in [0.15, 0.2) is 18.2 Å². The van der Waals surface area contributed by atoms with Crippen LogP contribution in [-0.2, 0) is 4.79 Å². The van der Waals surface area contributed by atoms with E-state index in [1.165, 1.54) is 18.2 Å². The van der Waals surface area contributed by atoms with E-state index >= 15 is 0 Å². The van der Waals surface area contributed by atoms with Crippen LogP contribution in [0.1, 0.15) is 24.2 Å². The van der Waals surface area contributed by atoms with E-state index in [0.717, 1.165) is 0 Å². The molecule has 1 unspecified atom stereocenters. The van der Waals surface area contributed by atoms with E-state index in [-0.39, 0.29) is 22.2 Å². The molecule has 0 saturated heterocycles. The predicted molar refractivity (Wildman–Crippen MR) is 68.7 cm³/mol. The molecular formula is C12H15ClN2O3. The smallest absolute Gasteiger partial charge is 0.253 e. The molecule has 2 amide bonds. The lowest BCUT2D eigenvalue weighted by Gasteiger charge is -2.14. The van der Waals surface area contributed by atoms with Gasteiger partial charge in [0.15, 0.2) is 0 Å². The van der Waals surface area contributed by atoms with Gasteiger partial charge in [-0.05, 0) is 32.0 Å². The van der Waals surface area contributed by atoms with E-state index < -0.39 is 11.9 Å². The van der Waals surface area contributed by atoms with Crippen molar-refractivity contribution in [2.75, 3.05) is 6.54 Å². The lowest BCUT2D eigenvalue weighted by molar-refractivity contribution is -0.122. The van der Waals surface area contributed by atoms with Crippen LogP contribution in [0, 0.1) is 0 Å². The summed E-state index contributed by atoms with van der Waals surface area (Å²) < 4.78 is 0. The zero-order chi connectivity index (χ0) is 13.7. The maximum atomic E-state index is 11.9. The van der Waals surface area contributed by atoms with Gasteiger partial charge in [0.1, 0.15) is 11.8 Å². The van der Waals surface area contributed by atoms with Gasteiger partial charge in [0.25, 0.3) is 5.91 Å². The molecule has 6 heteroatoms. The number of rotatable bonds is 4. The molecule has 0 aliphatic rings. The zero-order valence-corrected chi connectivity index (χ0v) is 10.9. The molecule has 1 rings (SSSR count). The first-order valence-corrected chi connectivity index (χ1v) is 5.90. The Bertz CT molecular complexity index is 463. The number of likely N-dealkylation sites (N-methyl/N-ethyl adjacent to an activating group) is 1. The van der Waals surface area contributed by atoms with Gasteiger partial charge in [-0.2, -0.15) is 0 Å². The fourth-order valence-corrected chi connectivity index (χ4v) is 1.56. The second-order valence-corrected chi connectivity index (χ2v) is 4.16. The first-order valence-electron chi connectivity index (χ1n) is 5.52. The second kappa shape index (κ2) is 6.26. The van der Waals surface area contributed by atoms with Crippen LogP contribution in [0.4, 0.5) is 0 Å². The summed E-state index contributed by atoms with van der Waals surface area (Å²) in [4.78, 5) is 23.3. The van der Waals surface area contributed by atoms with Crippen LogP contribution >= 0.6 is 11.6 Å². The molecule has 1 aromatic carbocycles. The third-order valence-electron chi connectivity index (χ3n) is 2.29. The summed E-state index contributed by atoms with van der Waals surface area (Å²) in [6.45, 7) is 3.85. The Kier molecular flexibility index (Phi) is 4.97. The largest absolute Gasteiger partial charge is 0.508 e. The van der Waals surface area contributed by atoms with Crippen LogP contribution in [0.5, 0.6) is 5.75 Å². The quantitative estimate of drug-likeness (QED) is 0.772. The average molecular weight is 271 g/mol. The first-order chi connectivity index (χ1) is 8.45. The van der Waals surface area contributed by atoms with Gasteiger partial charge in [0.05, 0.1) is 10.6 Å². The molecule has 0 aromatic heterocycles. The lowest BCUT2D eigenvalue weighted by Crippen LogP contribution is -2.44. The number of phenolic OH excluding ortho intramolecular Hbond substituents is 1. The highest BCUT2D eigenvalue weighted by Crippen LogP contribution is 2.20. The number of hydrogen-bond donors (Lipinski definition) is 3.